The average molecular weight is 352 g/mol. The number of nitrogens with one attached hydrogen (secondary N) is 1. The number of amides is 2. The maximum atomic E-state index is 12.4. The lowest BCUT2D eigenvalue weighted by molar-refractivity contribution is -0.121. The van der Waals surface area contributed by atoms with Crippen LogP contribution in [0.2, 0.25) is 0 Å². The van der Waals surface area contributed by atoms with Crippen LogP contribution in [0.1, 0.15) is 41.8 Å². The van der Waals surface area contributed by atoms with E-state index in [2.05, 4.69) is 5.32 Å². The van der Waals surface area contributed by atoms with Gasteiger partial charge in [0, 0.05) is 11.6 Å². The number of fused-ring (bicyclic) bond motifs is 1. The molecule has 0 unspecified atom stereocenters. The largest absolute Gasteiger partial charge is 0.482 e. The fourth-order valence-corrected chi connectivity index (χ4v) is 2.89. The maximum absolute atomic E-state index is 12.4. The molecule has 0 saturated carbocycles. The predicted molar refractivity (Wildman–Crippen MR) is 102 cm³/mol. The van der Waals surface area contributed by atoms with Crippen molar-refractivity contribution in [3.63, 3.8) is 0 Å². The van der Waals surface area contributed by atoms with Crippen LogP contribution in [0.4, 0.5) is 5.69 Å². The molecule has 3 rings (SSSR count). The van der Waals surface area contributed by atoms with E-state index in [0.717, 1.165) is 29.0 Å². The van der Waals surface area contributed by atoms with Gasteiger partial charge < -0.3 is 15.0 Å². The molecule has 1 atom stereocenters. The van der Waals surface area contributed by atoms with Gasteiger partial charge in [0.15, 0.2) is 6.61 Å². The highest BCUT2D eigenvalue weighted by atomic mass is 16.5. The molecule has 2 aromatic rings. The van der Waals surface area contributed by atoms with Crippen LogP contribution in [0.3, 0.4) is 0 Å². The highest BCUT2D eigenvalue weighted by molar-refractivity contribution is 5.98. The van der Waals surface area contributed by atoms with Gasteiger partial charge in [-0.1, -0.05) is 25.1 Å². The normalized spacial score (nSPS) is 14.4. The average Bonchev–Trinajstić information content (AvgIpc) is 2.64. The van der Waals surface area contributed by atoms with Crippen molar-refractivity contribution in [1.29, 1.82) is 0 Å². The Bertz CT molecular complexity index is 832. The maximum Gasteiger partial charge on any atom is 0.265 e. The van der Waals surface area contributed by atoms with E-state index in [9.17, 15) is 9.59 Å². The van der Waals surface area contributed by atoms with E-state index in [1.807, 2.05) is 57.2 Å². The van der Waals surface area contributed by atoms with Gasteiger partial charge in [0.05, 0.1) is 12.2 Å². The third-order valence-corrected chi connectivity index (χ3v) is 4.58. The van der Waals surface area contributed by atoms with Crippen molar-refractivity contribution in [2.45, 2.75) is 39.8 Å². The highest BCUT2D eigenvalue weighted by Gasteiger charge is 2.25. The Morgan fingerprint density at radius 3 is 2.85 bits per heavy atom. The van der Waals surface area contributed by atoms with E-state index in [1.165, 1.54) is 0 Å². The Labute approximate surface area is 154 Å². The summed E-state index contributed by atoms with van der Waals surface area (Å²) >= 11 is 0. The minimum atomic E-state index is -0.0921. The SMILES string of the molecule is CC[C@@H](C)NC(=O)c1cccc(CN2C(=O)COc3cc(C)ccc32)c1. The summed E-state index contributed by atoms with van der Waals surface area (Å²) in [7, 11) is 0. The number of rotatable bonds is 5. The van der Waals surface area contributed by atoms with Crippen LogP contribution in [-0.4, -0.2) is 24.5 Å². The second-order valence-corrected chi connectivity index (χ2v) is 6.72. The topological polar surface area (TPSA) is 58.6 Å². The Balaban J connectivity index is 1.82. The van der Waals surface area contributed by atoms with Gasteiger partial charge in [-0.05, 0) is 55.7 Å². The number of benzene rings is 2. The van der Waals surface area contributed by atoms with Crippen molar-refractivity contribution in [1.82, 2.24) is 5.32 Å². The number of anilines is 1. The molecule has 1 aliphatic heterocycles. The molecule has 0 saturated heterocycles. The van der Waals surface area contributed by atoms with Crippen LogP contribution in [0.15, 0.2) is 42.5 Å². The van der Waals surface area contributed by atoms with Crippen molar-refractivity contribution < 1.29 is 14.3 Å². The lowest BCUT2D eigenvalue weighted by Gasteiger charge is -2.29. The number of aryl methyl sites for hydroxylation is 1. The molecule has 0 radical (unpaired) electrons. The second-order valence-electron chi connectivity index (χ2n) is 6.72. The zero-order valence-electron chi connectivity index (χ0n) is 15.4. The summed E-state index contributed by atoms with van der Waals surface area (Å²) in [5, 5.41) is 2.97. The van der Waals surface area contributed by atoms with Gasteiger partial charge in [0.2, 0.25) is 0 Å². The smallest absolute Gasteiger partial charge is 0.265 e. The third-order valence-electron chi connectivity index (χ3n) is 4.58. The summed E-state index contributed by atoms with van der Waals surface area (Å²) in [5.74, 6) is 0.539. The van der Waals surface area contributed by atoms with Gasteiger partial charge in [0.1, 0.15) is 5.75 Å². The Morgan fingerprint density at radius 2 is 2.08 bits per heavy atom. The van der Waals surface area contributed by atoms with Crippen LogP contribution in [0, 0.1) is 6.92 Å². The van der Waals surface area contributed by atoms with Crippen molar-refractivity contribution in [2.24, 2.45) is 0 Å². The molecule has 0 aliphatic carbocycles. The molecule has 0 fully saturated rings. The zero-order valence-corrected chi connectivity index (χ0v) is 15.4. The zero-order chi connectivity index (χ0) is 18.7. The summed E-state index contributed by atoms with van der Waals surface area (Å²) < 4.78 is 5.55. The minimum Gasteiger partial charge on any atom is -0.482 e. The van der Waals surface area contributed by atoms with Crippen molar-refractivity contribution in [3.05, 3.63) is 59.2 Å². The Kier molecular flexibility index (Phi) is 5.26. The molecule has 0 spiro atoms. The number of carbonyl (C=O) groups is 2. The summed E-state index contributed by atoms with van der Waals surface area (Å²) in [5.41, 5.74) is 3.36. The summed E-state index contributed by atoms with van der Waals surface area (Å²) in [6.07, 6.45) is 0.879. The Morgan fingerprint density at radius 1 is 1.27 bits per heavy atom. The number of hydrogen-bond donors (Lipinski definition) is 1. The van der Waals surface area contributed by atoms with E-state index >= 15 is 0 Å². The monoisotopic (exact) mass is 352 g/mol. The molecule has 2 aromatic carbocycles. The summed E-state index contributed by atoms with van der Waals surface area (Å²) in [4.78, 5) is 26.4. The Hall–Kier alpha value is -2.82. The molecule has 136 valence electrons. The molecule has 0 bridgehead atoms. The van der Waals surface area contributed by atoms with Crippen molar-refractivity contribution in [3.8, 4) is 5.75 Å². The van der Waals surface area contributed by atoms with Crippen molar-refractivity contribution >= 4 is 17.5 Å². The minimum absolute atomic E-state index is 0.0324. The summed E-state index contributed by atoms with van der Waals surface area (Å²) in [6, 6.07) is 13.3. The van der Waals surface area contributed by atoms with Crippen LogP contribution >= 0.6 is 0 Å². The molecule has 5 heteroatoms. The van der Waals surface area contributed by atoms with E-state index in [4.69, 9.17) is 4.74 Å². The molecule has 26 heavy (non-hydrogen) atoms. The molecule has 1 N–H and O–H groups in total. The molecule has 1 aliphatic rings. The van der Waals surface area contributed by atoms with Crippen LogP contribution in [-0.2, 0) is 11.3 Å². The van der Waals surface area contributed by atoms with Crippen LogP contribution in [0.25, 0.3) is 0 Å². The molecule has 2 amide bonds. The predicted octanol–water partition coefficient (Wildman–Crippen LogP) is 3.45. The number of hydrogen-bond acceptors (Lipinski definition) is 3. The molecular formula is C21H24N2O3. The van der Waals surface area contributed by atoms with Crippen LogP contribution < -0.4 is 15.0 Å². The van der Waals surface area contributed by atoms with E-state index < -0.39 is 0 Å². The summed E-state index contributed by atoms with van der Waals surface area (Å²) in [6.45, 7) is 6.44. The van der Waals surface area contributed by atoms with E-state index in [0.29, 0.717) is 12.1 Å². The van der Waals surface area contributed by atoms with Gasteiger partial charge in [-0.15, -0.1) is 0 Å². The molecular weight excluding hydrogens is 328 g/mol. The second kappa shape index (κ2) is 7.60. The third kappa shape index (κ3) is 3.87. The van der Waals surface area contributed by atoms with Gasteiger partial charge in [-0.2, -0.15) is 0 Å². The van der Waals surface area contributed by atoms with Crippen LogP contribution in [0.5, 0.6) is 5.75 Å². The van der Waals surface area contributed by atoms with Crippen molar-refractivity contribution in [2.75, 3.05) is 11.5 Å². The van der Waals surface area contributed by atoms with E-state index in [-0.39, 0.29) is 24.5 Å². The number of carbonyl (C=O) groups excluding carboxylic acids is 2. The number of nitrogens with zero attached hydrogens (tertiary/aromatic N) is 1. The first kappa shape index (κ1) is 18.0. The van der Waals surface area contributed by atoms with Gasteiger partial charge in [-0.3, -0.25) is 9.59 Å². The van der Waals surface area contributed by atoms with Gasteiger partial charge in [-0.25, -0.2) is 0 Å². The lowest BCUT2D eigenvalue weighted by Crippen LogP contribution is -2.38. The standard InChI is InChI=1S/C21H24N2O3/c1-4-15(3)22-21(25)17-7-5-6-16(11-17)12-23-18-9-8-14(2)10-19(18)26-13-20(23)24/h5-11,15H,4,12-13H2,1-3H3,(H,22,25)/t15-/m1/s1. The fourth-order valence-electron chi connectivity index (χ4n) is 2.89. The molecule has 1 heterocycles. The molecule has 0 aromatic heterocycles. The molecule has 5 nitrogen and oxygen atoms in total. The van der Waals surface area contributed by atoms with Gasteiger partial charge in [0.25, 0.3) is 11.8 Å². The first-order valence-electron chi connectivity index (χ1n) is 8.91. The lowest BCUT2D eigenvalue weighted by atomic mass is 10.1. The number of ether oxygens (including phenoxy) is 1. The fraction of sp³-hybridized carbons (Fsp3) is 0.333. The van der Waals surface area contributed by atoms with Gasteiger partial charge >= 0.3 is 0 Å². The first-order chi connectivity index (χ1) is 12.5. The van der Waals surface area contributed by atoms with E-state index in [1.54, 1.807) is 11.0 Å². The quantitative estimate of drug-likeness (QED) is 0.897. The highest BCUT2D eigenvalue weighted by Crippen LogP contribution is 2.33. The first-order valence-corrected chi connectivity index (χ1v) is 8.91.